The molecule has 0 unspecified atom stereocenters. The van der Waals surface area contributed by atoms with Crippen LogP contribution >= 0.6 is 22.6 Å². The van der Waals surface area contributed by atoms with Gasteiger partial charge in [0.2, 0.25) is 0 Å². The van der Waals surface area contributed by atoms with E-state index in [0.29, 0.717) is 9.61 Å². The van der Waals surface area contributed by atoms with E-state index in [1.54, 1.807) is 6.07 Å². The number of anilines is 1. The number of benzene rings is 1. The van der Waals surface area contributed by atoms with E-state index in [-0.39, 0.29) is 5.82 Å². The summed E-state index contributed by atoms with van der Waals surface area (Å²) in [6, 6.07) is 3.73. The second kappa shape index (κ2) is 4.26. The third-order valence-electron chi connectivity index (χ3n) is 1.71. The fraction of sp³-hybridized carbons (Fsp3) is 0.400. The van der Waals surface area contributed by atoms with Gasteiger partial charge in [0, 0.05) is 15.3 Å². The maximum atomic E-state index is 13.2. The number of halogens is 2. The lowest BCUT2D eigenvalue weighted by molar-refractivity contribution is 0.620. The van der Waals surface area contributed by atoms with Crippen molar-refractivity contribution in [3.05, 3.63) is 27.1 Å². The van der Waals surface area contributed by atoms with E-state index in [1.807, 2.05) is 49.4 Å². The van der Waals surface area contributed by atoms with Crippen molar-refractivity contribution in [1.29, 1.82) is 0 Å². The summed E-state index contributed by atoms with van der Waals surface area (Å²) in [5.74, 6) is -0.158. The zero-order valence-corrected chi connectivity index (χ0v) is 10.1. The van der Waals surface area contributed by atoms with Crippen molar-refractivity contribution >= 4 is 28.3 Å². The maximum absolute atomic E-state index is 13.2. The summed E-state index contributed by atoms with van der Waals surface area (Å²) in [5, 5.41) is 3.20. The van der Waals surface area contributed by atoms with Crippen molar-refractivity contribution in [2.75, 3.05) is 5.32 Å². The molecule has 0 aliphatic heterocycles. The molecular formula is C10H13FIN. The first-order valence-corrected chi connectivity index (χ1v) is 5.30. The first-order chi connectivity index (χ1) is 6.00. The molecule has 3 heteroatoms. The van der Waals surface area contributed by atoms with Gasteiger partial charge in [-0.3, -0.25) is 0 Å². The SMILES string of the molecule is Cc1cc(I)c(F)cc1NC(C)C. The average Bonchev–Trinajstić information content (AvgIpc) is 1.99. The number of hydrogen-bond acceptors (Lipinski definition) is 1. The Balaban J connectivity index is 3.01. The van der Waals surface area contributed by atoms with E-state index in [0.717, 1.165) is 11.3 Å². The molecule has 0 fully saturated rings. The average molecular weight is 293 g/mol. The fourth-order valence-corrected chi connectivity index (χ4v) is 1.74. The molecule has 0 aliphatic carbocycles. The molecule has 0 amide bonds. The highest BCUT2D eigenvalue weighted by Crippen LogP contribution is 2.21. The van der Waals surface area contributed by atoms with Gasteiger partial charge in [-0.05, 0) is 61.1 Å². The molecule has 0 radical (unpaired) electrons. The van der Waals surface area contributed by atoms with Gasteiger partial charge in [-0.1, -0.05) is 0 Å². The Morgan fingerprint density at radius 3 is 2.54 bits per heavy atom. The van der Waals surface area contributed by atoms with Crippen molar-refractivity contribution in [1.82, 2.24) is 0 Å². The van der Waals surface area contributed by atoms with Crippen LogP contribution in [0.1, 0.15) is 19.4 Å². The molecular weight excluding hydrogens is 280 g/mol. The molecule has 13 heavy (non-hydrogen) atoms. The molecule has 0 aromatic heterocycles. The minimum Gasteiger partial charge on any atom is -0.383 e. The summed E-state index contributed by atoms with van der Waals surface area (Å²) < 4.78 is 13.8. The minimum atomic E-state index is -0.158. The van der Waals surface area contributed by atoms with E-state index in [9.17, 15) is 4.39 Å². The molecule has 0 saturated carbocycles. The fourth-order valence-electron chi connectivity index (χ4n) is 1.11. The summed E-state index contributed by atoms with van der Waals surface area (Å²) >= 11 is 2.00. The summed E-state index contributed by atoms with van der Waals surface area (Å²) in [6.45, 7) is 6.05. The molecule has 1 N–H and O–H groups in total. The van der Waals surface area contributed by atoms with Gasteiger partial charge in [-0.25, -0.2) is 4.39 Å². The zero-order chi connectivity index (χ0) is 10.0. The molecule has 1 aromatic carbocycles. The molecule has 0 saturated heterocycles. The van der Waals surface area contributed by atoms with Gasteiger partial charge in [-0.15, -0.1) is 0 Å². The molecule has 1 nitrogen and oxygen atoms in total. The first kappa shape index (κ1) is 10.8. The number of aryl methyl sites for hydroxylation is 1. The summed E-state index contributed by atoms with van der Waals surface area (Å²) in [6.07, 6.45) is 0. The van der Waals surface area contributed by atoms with Crippen molar-refractivity contribution in [2.45, 2.75) is 26.8 Å². The van der Waals surface area contributed by atoms with Crippen LogP contribution in [0.4, 0.5) is 10.1 Å². The lowest BCUT2D eigenvalue weighted by atomic mass is 10.2. The third kappa shape index (κ3) is 2.83. The molecule has 0 spiro atoms. The van der Waals surface area contributed by atoms with E-state index >= 15 is 0 Å². The maximum Gasteiger partial charge on any atom is 0.138 e. The zero-order valence-electron chi connectivity index (χ0n) is 7.99. The largest absolute Gasteiger partial charge is 0.383 e. The predicted octanol–water partition coefficient (Wildman–Crippen LogP) is 3.56. The Morgan fingerprint density at radius 2 is 2.00 bits per heavy atom. The summed E-state index contributed by atoms with van der Waals surface area (Å²) in [7, 11) is 0. The third-order valence-corrected chi connectivity index (χ3v) is 2.54. The lowest BCUT2D eigenvalue weighted by Crippen LogP contribution is -2.11. The first-order valence-electron chi connectivity index (χ1n) is 4.23. The van der Waals surface area contributed by atoms with Gasteiger partial charge in [0.25, 0.3) is 0 Å². The second-order valence-electron chi connectivity index (χ2n) is 3.38. The van der Waals surface area contributed by atoms with Crippen LogP contribution in [0.25, 0.3) is 0 Å². The molecule has 72 valence electrons. The van der Waals surface area contributed by atoms with Gasteiger partial charge < -0.3 is 5.32 Å². The van der Waals surface area contributed by atoms with Gasteiger partial charge in [-0.2, -0.15) is 0 Å². The van der Waals surface area contributed by atoms with Crippen LogP contribution in [0.15, 0.2) is 12.1 Å². The smallest absolute Gasteiger partial charge is 0.138 e. The topological polar surface area (TPSA) is 12.0 Å². The van der Waals surface area contributed by atoms with Crippen LogP contribution in [0.5, 0.6) is 0 Å². The molecule has 1 rings (SSSR count). The van der Waals surface area contributed by atoms with E-state index in [2.05, 4.69) is 5.32 Å². The standard InChI is InChI=1S/C10H13FIN/c1-6(2)13-10-5-8(11)9(12)4-7(10)3/h4-6,13H,1-3H3. The highest BCUT2D eigenvalue weighted by molar-refractivity contribution is 14.1. The van der Waals surface area contributed by atoms with Crippen molar-refractivity contribution in [2.24, 2.45) is 0 Å². The van der Waals surface area contributed by atoms with E-state index in [1.165, 1.54) is 0 Å². The second-order valence-corrected chi connectivity index (χ2v) is 4.54. The van der Waals surface area contributed by atoms with Crippen molar-refractivity contribution in [3.63, 3.8) is 0 Å². The Kier molecular flexibility index (Phi) is 3.53. The Morgan fingerprint density at radius 1 is 1.38 bits per heavy atom. The Bertz CT molecular complexity index is 310. The monoisotopic (exact) mass is 293 g/mol. The minimum absolute atomic E-state index is 0.158. The van der Waals surface area contributed by atoms with E-state index < -0.39 is 0 Å². The highest BCUT2D eigenvalue weighted by atomic mass is 127. The number of rotatable bonds is 2. The Hall–Kier alpha value is -0.320. The molecule has 0 bridgehead atoms. The quantitative estimate of drug-likeness (QED) is 0.822. The van der Waals surface area contributed by atoms with Gasteiger partial charge in [0.1, 0.15) is 5.82 Å². The van der Waals surface area contributed by atoms with E-state index in [4.69, 9.17) is 0 Å². The van der Waals surface area contributed by atoms with Gasteiger partial charge in [0.15, 0.2) is 0 Å². The lowest BCUT2D eigenvalue weighted by Gasteiger charge is -2.13. The highest BCUT2D eigenvalue weighted by Gasteiger charge is 2.05. The van der Waals surface area contributed by atoms with Crippen LogP contribution in [-0.2, 0) is 0 Å². The van der Waals surface area contributed by atoms with Gasteiger partial charge >= 0.3 is 0 Å². The number of hydrogen-bond donors (Lipinski definition) is 1. The molecule has 0 atom stereocenters. The van der Waals surface area contributed by atoms with Gasteiger partial charge in [0.05, 0.1) is 0 Å². The van der Waals surface area contributed by atoms with Crippen molar-refractivity contribution in [3.8, 4) is 0 Å². The molecule has 0 heterocycles. The van der Waals surface area contributed by atoms with Crippen LogP contribution in [-0.4, -0.2) is 6.04 Å². The summed E-state index contributed by atoms with van der Waals surface area (Å²) in [4.78, 5) is 0. The van der Waals surface area contributed by atoms with Crippen LogP contribution in [0.2, 0.25) is 0 Å². The van der Waals surface area contributed by atoms with Crippen molar-refractivity contribution < 1.29 is 4.39 Å². The predicted molar refractivity (Wildman–Crippen MR) is 62.6 cm³/mol. The van der Waals surface area contributed by atoms with Crippen LogP contribution < -0.4 is 5.32 Å². The van der Waals surface area contributed by atoms with Crippen LogP contribution in [0.3, 0.4) is 0 Å². The normalized spacial score (nSPS) is 10.6. The molecule has 1 aromatic rings. The summed E-state index contributed by atoms with van der Waals surface area (Å²) in [5.41, 5.74) is 1.97. The molecule has 0 aliphatic rings. The van der Waals surface area contributed by atoms with Crippen LogP contribution in [0, 0.1) is 16.3 Å². The number of nitrogens with one attached hydrogen (secondary N) is 1. The Labute approximate surface area is 91.9 Å².